The molecule has 0 saturated carbocycles. The van der Waals surface area contributed by atoms with E-state index in [4.69, 9.17) is 0 Å². The fourth-order valence-corrected chi connectivity index (χ4v) is 3.78. The molecule has 1 atom stereocenters. The first-order valence-corrected chi connectivity index (χ1v) is 9.77. The van der Waals surface area contributed by atoms with Gasteiger partial charge in [-0.05, 0) is 18.1 Å². The molecule has 0 spiro atoms. The Balaban J connectivity index is 1.52. The number of benzene rings is 3. The summed E-state index contributed by atoms with van der Waals surface area (Å²) in [7, 11) is 0. The molecule has 0 amide bonds. The van der Waals surface area contributed by atoms with Gasteiger partial charge in [0.2, 0.25) is 0 Å². The smallest absolute Gasteiger partial charge is 0.139 e. The minimum atomic E-state index is 0.177. The van der Waals surface area contributed by atoms with E-state index in [0.717, 1.165) is 13.1 Å². The molecule has 4 rings (SSSR count). The maximum atomic E-state index is 9.39. The van der Waals surface area contributed by atoms with E-state index in [0.29, 0.717) is 13.1 Å². The molecule has 1 aromatic heterocycles. The highest BCUT2D eigenvalue weighted by Gasteiger charge is 2.09. The van der Waals surface area contributed by atoms with Crippen LogP contribution in [0, 0.1) is 11.8 Å². The van der Waals surface area contributed by atoms with Gasteiger partial charge in [-0.2, -0.15) is 0 Å². The van der Waals surface area contributed by atoms with Crippen molar-refractivity contribution in [2.45, 2.75) is 13.1 Å². The van der Waals surface area contributed by atoms with Crippen LogP contribution in [0.4, 0.5) is 0 Å². The molecule has 0 saturated heterocycles. The van der Waals surface area contributed by atoms with Crippen molar-refractivity contribution >= 4 is 21.8 Å². The zero-order valence-corrected chi connectivity index (χ0v) is 15.9. The third-order valence-electron chi connectivity index (χ3n) is 5.14. The zero-order valence-electron chi connectivity index (χ0n) is 15.9. The van der Waals surface area contributed by atoms with Crippen molar-refractivity contribution in [1.82, 2.24) is 4.57 Å². The number of hydrogen-bond acceptors (Lipinski definition) is 1. The summed E-state index contributed by atoms with van der Waals surface area (Å²) in [5.74, 6) is 6.70. The standard InChI is InChI=1S/C25H24N2O/c28-19-18-26(20-21-10-2-1-3-11-21)16-8-9-17-27-24-14-6-4-12-22(24)23-13-5-7-15-25(23)27/h1-7,10-15,28H,16-20H2/p+1. The van der Waals surface area contributed by atoms with Crippen LogP contribution in [-0.2, 0) is 13.1 Å². The van der Waals surface area contributed by atoms with E-state index in [2.05, 4.69) is 89.2 Å². The summed E-state index contributed by atoms with van der Waals surface area (Å²) in [4.78, 5) is 1.28. The third-order valence-corrected chi connectivity index (χ3v) is 5.14. The van der Waals surface area contributed by atoms with E-state index in [9.17, 15) is 5.11 Å². The number of aliphatic hydroxyl groups excluding tert-OH is 1. The second-order valence-corrected chi connectivity index (χ2v) is 7.04. The van der Waals surface area contributed by atoms with Crippen molar-refractivity contribution in [2.75, 3.05) is 19.7 Å². The molecule has 28 heavy (non-hydrogen) atoms. The molecule has 1 heterocycles. The molecule has 140 valence electrons. The Morgan fingerprint density at radius 3 is 2.00 bits per heavy atom. The number of rotatable bonds is 6. The fraction of sp³-hybridized carbons (Fsp3) is 0.200. The molecule has 3 aromatic carbocycles. The van der Waals surface area contributed by atoms with Gasteiger partial charge in [0.05, 0.1) is 13.2 Å². The SMILES string of the molecule is OCC[NH+](CC#CCn1c2ccccc2c2ccccc21)Cc1ccccc1. The minimum Gasteiger partial charge on any atom is -0.391 e. The second-order valence-electron chi connectivity index (χ2n) is 7.04. The number of aromatic nitrogens is 1. The van der Waals surface area contributed by atoms with Gasteiger partial charge in [0.25, 0.3) is 0 Å². The lowest BCUT2D eigenvalue weighted by molar-refractivity contribution is -0.907. The van der Waals surface area contributed by atoms with Crippen LogP contribution in [0.15, 0.2) is 78.9 Å². The number of nitrogens with zero attached hydrogens (tertiary/aromatic N) is 1. The first-order chi connectivity index (χ1) is 13.9. The highest BCUT2D eigenvalue weighted by molar-refractivity contribution is 6.08. The number of fused-ring (bicyclic) bond motifs is 3. The van der Waals surface area contributed by atoms with Gasteiger partial charge in [0, 0.05) is 27.4 Å². The Kier molecular flexibility index (Phi) is 5.72. The Morgan fingerprint density at radius 2 is 1.36 bits per heavy atom. The average Bonchev–Trinajstić information content (AvgIpc) is 3.06. The van der Waals surface area contributed by atoms with Crippen LogP contribution >= 0.6 is 0 Å². The molecule has 0 aliphatic heterocycles. The zero-order chi connectivity index (χ0) is 19.2. The molecule has 0 fully saturated rings. The highest BCUT2D eigenvalue weighted by atomic mass is 16.3. The molecule has 0 aliphatic rings. The molecule has 4 aromatic rings. The van der Waals surface area contributed by atoms with Crippen LogP contribution in [0.25, 0.3) is 21.8 Å². The van der Waals surface area contributed by atoms with E-state index >= 15 is 0 Å². The molecular formula is C25H25N2O+. The number of para-hydroxylation sites is 2. The average molecular weight is 369 g/mol. The quantitative estimate of drug-likeness (QED) is 0.503. The first-order valence-electron chi connectivity index (χ1n) is 9.77. The van der Waals surface area contributed by atoms with Gasteiger partial charge in [-0.3, -0.25) is 0 Å². The summed E-state index contributed by atoms with van der Waals surface area (Å²) in [6.07, 6.45) is 0. The number of nitrogens with one attached hydrogen (secondary N) is 1. The fourth-order valence-electron chi connectivity index (χ4n) is 3.78. The predicted octanol–water partition coefficient (Wildman–Crippen LogP) is 2.88. The molecule has 3 heteroatoms. The third kappa shape index (κ3) is 3.94. The number of quaternary nitrogens is 1. The maximum absolute atomic E-state index is 9.39. The van der Waals surface area contributed by atoms with Crippen molar-refractivity contribution in [2.24, 2.45) is 0 Å². The normalized spacial score (nSPS) is 12.0. The lowest BCUT2D eigenvalue weighted by Gasteiger charge is -2.15. The highest BCUT2D eigenvalue weighted by Crippen LogP contribution is 2.28. The minimum absolute atomic E-state index is 0.177. The Bertz CT molecular complexity index is 1070. The molecule has 3 nitrogen and oxygen atoms in total. The lowest BCUT2D eigenvalue weighted by Crippen LogP contribution is -3.11. The Labute approximate surface area is 165 Å². The number of aliphatic hydroxyl groups is 1. The topological polar surface area (TPSA) is 29.6 Å². The van der Waals surface area contributed by atoms with Crippen LogP contribution in [0.3, 0.4) is 0 Å². The first kappa shape index (κ1) is 18.3. The largest absolute Gasteiger partial charge is 0.391 e. The summed E-state index contributed by atoms with van der Waals surface area (Å²) >= 11 is 0. The summed E-state index contributed by atoms with van der Waals surface area (Å²) in [6.45, 7) is 3.17. The Hall–Kier alpha value is -3.06. The van der Waals surface area contributed by atoms with Crippen LogP contribution in [0.5, 0.6) is 0 Å². The van der Waals surface area contributed by atoms with Crippen molar-refractivity contribution in [3.63, 3.8) is 0 Å². The van der Waals surface area contributed by atoms with E-state index < -0.39 is 0 Å². The molecule has 0 radical (unpaired) electrons. The second kappa shape index (κ2) is 8.75. The van der Waals surface area contributed by atoms with E-state index in [1.165, 1.54) is 32.3 Å². The van der Waals surface area contributed by atoms with E-state index in [1.807, 2.05) is 6.07 Å². The summed E-state index contributed by atoms with van der Waals surface area (Å²) in [5, 5.41) is 11.9. The predicted molar refractivity (Wildman–Crippen MR) is 115 cm³/mol. The van der Waals surface area contributed by atoms with Crippen molar-refractivity contribution in [3.05, 3.63) is 84.4 Å². The van der Waals surface area contributed by atoms with Crippen LogP contribution in [-0.4, -0.2) is 29.4 Å². The van der Waals surface area contributed by atoms with Crippen molar-refractivity contribution in [1.29, 1.82) is 0 Å². The van der Waals surface area contributed by atoms with Crippen molar-refractivity contribution < 1.29 is 10.0 Å². The van der Waals surface area contributed by atoms with Gasteiger partial charge in [0.15, 0.2) is 0 Å². The maximum Gasteiger partial charge on any atom is 0.139 e. The monoisotopic (exact) mass is 369 g/mol. The molecule has 0 bridgehead atoms. The summed E-state index contributed by atoms with van der Waals surface area (Å²) in [6, 6.07) is 27.4. The van der Waals surface area contributed by atoms with Gasteiger partial charge in [-0.25, -0.2) is 0 Å². The molecule has 2 N–H and O–H groups in total. The van der Waals surface area contributed by atoms with Gasteiger partial charge >= 0.3 is 0 Å². The number of hydrogen-bond donors (Lipinski definition) is 2. The van der Waals surface area contributed by atoms with Crippen LogP contribution in [0.1, 0.15) is 5.56 Å². The van der Waals surface area contributed by atoms with Gasteiger partial charge in [-0.15, -0.1) is 0 Å². The van der Waals surface area contributed by atoms with Crippen LogP contribution < -0.4 is 4.90 Å². The molecule has 0 aliphatic carbocycles. The Morgan fingerprint density at radius 1 is 0.750 bits per heavy atom. The molecule has 1 unspecified atom stereocenters. The van der Waals surface area contributed by atoms with Gasteiger partial charge < -0.3 is 14.6 Å². The van der Waals surface area contributed by atoms with Gasteiger partial charge in [0.1, 0.15) is 19.6 Å². The summed E-state index contributed by atoms with van der Waals surface area (Å²) < 4.78 is 2.29. The molecular weight excluding hydrogens is 344 g/mol. The summed E-state index contributed by atoms with van der Waals surface area (Å²) in [5.41, 5.74) is 3.72. The van der Waals surface area contributed by atoms with E-state index in [-0.39, 0.29) is 6.61 Å². The van der Waals surface area contributed by atoms with Gasteiger partial charge in [-0.1, -0.05) is 72.7 Å². The van der Waals surface area contributed by atoms with E-state index in [1.54, 1.807) is 0 Å². The van der Waals surface area contributed by atoms with Crippen LogP contribution in [0.2, 0.25) is 0 Å². The lowest BCUT2D eigenvalue weighted by atomic mass is 10.2. The van der Waals surface area contributed by atoms with Crippen molar-refractivity contribution in [3.8, 4) is 11.8 Å².